The number of imidazole rings is 1. The van der Waals surface area contributed by atoms with E-state index in [4.69, 9.17) is 0 Å². The smallest absolute Gasteiger partial charge is 0.322 e. The van der Waals surface area contributed by atoms with Gasteiger partial charge in [0.15, 0.2) is 5.65 Å². The summed E-state index contributed by atoms with van der Waals surface area (Å²) in [5.74, 6) is -0.271. The molecule has 0 fully saturated rings. The van der Waals surface area contributed by atoms with Gasteiger partial charge in [0.2, 0.25) is 0 Å². The Bertz CT molecular complexity index is 910. The third-order valence-corrected chi connectivity index (χ3v) is 3.38. The van der Waals surface area contributed by atoms with Crippen molar-refractivity contribution in [3.05, 3.63) is 58.1 Å². The van der Waals surface area contributed by atoms with Crippen LogP contribution in [0.15, 0.2) is 41.3 Å². The lowest BCUT2D eigenvalue weighted by Crippen LogP contribution is -2.16. The monoisotopic (exact) mass is 311 g/mol. The van der Waals surface area contributed by atoms with Gasteiger partial charge in [-0.2, -0.15) is 0 Å². The van der Waals surface area contributed by atoms with Crippen LogP contribution in [0.4, 0.5) is 5.69 Å². The van der Waals surface area contributed by atoms with E-state index in [1.54, 1.807) is 6.07 Å². The first-order valence-electron chi connectivity index (χ1n) is 7.15. The molecule has 0 aliphatic rings. The zero-order valence-electron chi connectivity index (χ0n) is 12.9. The Balaban J connectivity index is 1.87. The Labute approximate surface area is 132 Å². The van der Waals surface area contributed by atoms with Gasteiger partial charge in [0.25, 0.3) is 5.91 Å². The maximum Gasteiger partial charge on any atom is 0.325 e. The Hall–Kier alpha value is -2.93. The predicted molar refractivity (Wildman–Crippen MR) is 88.5 cm³/mol. The first-order chi connectivity index (χ1) is 11.0. The van der Waals surface area contributed by atoms with E-state index in [2.05, 4.69) is 20.3 Å². The number of carbonyl (C=O) groups is 1. The number of rotatable bonds is 4. The minimum absolute atomic E-state index is 0.271. The minimum Gasteiger partial charge on any atom is -0.322 e. The second kappa shape index (κ2) is 6.05. The van der Waals surface area contributed by atoms with Crippen molar-refractivity contribution < 1.29 is 4.79 Å². The van der Waals surface area contributed by atoms with E-state index in [-0.39, 0.29) is 11.6 Å². The molecule has 1 aromatic carbocycles. The summed E-state index contributed by atoms with van der Waals surface area (Å²) in [6.07, 6.45) is 1.44. The van der Waals surface area contributed by atoms with E-state index in [1.807, 2.05) is 43.3 Å². The van der Waals surface area contributed by atoms with E-state index in [1.165, 1.54) is 6.20 Å². The van der Waals surface area contributed by atoms with Gasteiger partial charge in [0, 0.05) is 18.4 Å². The average Bonchev–Trinajstić information content (AvgIpc) is 2.87. The molecule has 23 heavy (non-hydrogen) atoms. The topological polar surface area (TPSA) is 93.9 Å². The van der Waals surface area contributed by atoms with Gasteiger partial charge in [0.05, 0.1) is 11.1 Å². The molecule has 3 N–H and O–H groups in total. The normalized spacial score (nSPS) is 11.1. The van der Waals surface area contributed by atoms with Gasteiger partial charge in [-0.05, 0) is 31.8 Å². The van der Waals surface area contributed by atoms with Crippen LogP contribution in [-0.4, -0.2) is 39.9 Å². The summed E-state index contributed by atoms with van der Waals surface area (Å²) < 4.78 is 0. The Morgan fingerprint density at radius 2 is 2.04 bits per heavy atom. The van der Waals surface area contributed by atoms with Crippen molar-refractivity contribution in [3.63, 3.8) is 0 Å². The molecule has 1 amide bonds. The largest absolute Gasteiger partial charge is 0.325 e. The fourth-order valence-electron chi connectivity index (χ4n) is 2.36. The fourth-order valence-corrected chi connectivity index (χ4v) is 2.36. The fraction of sp³-hybridized carbons (Fsp3) is 0.188. The minimum atomic E-state index is -0.346. The Kier molecular flexibility index (Phi) is 3.94. The summed E-state index contributed by atoms with van der Waals surface area (Å²) in [6, 6.07) is 9.25. The molecule has 0 saturated carbocycles. The number of pyridine rings is 1. The first kappa shape index (κ1) is 15.0. The van der Waals surface area contributed by atoms with E-state index >= 15 is 0 Å². The molecule has 0 unspecified atom stereocenters. The number of amides is 1. The summed E-state index contributed by atoms with van der Waals surface area (Å²) >= 11 is 0. The molecule has 0 bridgehead atoms. The maximum atomic E-state index is 12.4. The number of aromatic amines is 2. The van der Waals surface area contributed by atoms with E-state index in [9.17, 15) is 9.59 Å². The molecule has 7 heteroatoms. The summed E-state index contributed by atoms with van der Waals surface area (Å²) in [6.45, 7) is 0.721. The van der Waals surface area contributed by atoms with Crippen molar-refractivity contribution in [2.45, 2.75) is 6.54 Å². The second-order valence-electron chi connectivity index (χ2n) is 5.55. The van der Waals surface area contributed by atoms with Crippen LogP contribution in [0, 0.1) is 0 Å². The molecule has 0 radical (unpaired) electrons. The standard InChI is InChI=1S/C16H17N5O2/c1-21(2)9-10-5-3-4-6-12(10)18-15(22)11-7-13-14(17-8-11)20-16(23)19-13/h3-8H,9H2,1-2H3,(H,18,22)(H2,17,19,20,23). The number of H-pyrrole nitrogens is 2. The number of nitrogens with one attached hydrogen (secondary N) is 3. The van der Waals surface area contributed by atoms with Crippen molar-refractivity contribution in [3.8, 4) is 0 Å². The quantitative estimate of drug-likeness (QED) is 0.681. The number of anilines is 1. The number of nitrogens with zero attached hydrogens (tertiary/aromatic N) is 2. The number of hydrogen-bond acceptors (Lipinski definition) is 4. The third-order valence-electron chi connectivity index (χ3n) is 3.38. The maximum absolute atomic E-state index is 12.4. The molecule has 7 nitrogen and oxygen atoms in total. The van der Waals surface area contributed by atoms with Crippen molar-refractivity contribution in [2.24, 2.45) is 0 Å². The molecule has 0 aliphatic heterocycles. The van der Waals surface area contributed by atoms with Crippen LogP contribution >= 0.6 is 0 Å². The van der Waals surface area contributed by atoms with Crippen molar-refractivity contribution >= 4 is 22.8 Å². The molecular formula is C16H17N5O2. The lowest BCUT2D eigenvalue weighted by atomic mass is 10.1. The Morgan fingerprint density at radius 1 is 1.26 bits per heavy atom. The van der Waals surface area contributed by atoms with Crippen LogP contribution in [0.2, 0.25) is 0 Å². The summed E-state index contributed by atoms with van der Waals surface area (Å²) in [4.78, 5) is 34.9. The van der Waals surface area contributed by atoms with Crippen LogP contribution in [0.25, 0.3) is 11.2 Å². The highest BCUT2D eigenvalue weighted by Crippen LogP contribution is 2.18. The van der Waals surface area contributed by atoms with Gasteiger partial charge in [-0.3, -0.25) is 9.78 Å². The van der Waals surface area contributed by atoms with E-state index in [0.717, 1.165) is 17.8 Å². The van der Waals surface area contributed by atoms with Gasteiger partial charge in [0.1, 0.15) is 0 Å². The number of para-hydroxylation sites is 1. The number of fused-ring (bicyclic) bond motifs is 1. The average molecular weight is 311 g/mol. The van der Waals surface area contributed by atoms with Crippen molar-refractivity contribution in [1.29, 1.82) is 0 Å². The van der Waals surface area contributed by atoms with Crippen LogP contribution in [0.1, 0.15) is 15.9 Å². The highest BCUT2D eigenvalue weighted by molar-refractivity contribution is 6.05. The molecule has 0 atom stereocenters. The molecule has 0 saturated heterocycles. The zero-order valence-corrected chi connectivity index (χ0v) is 12.9. The number of aromatic nitrogens is 3. The van der Waals surface area contributed by atoms with Gasteiger partial charge in [-0.1, -0.05) is 18.2 Å². The summed E-state index contributed by atoms with van der Waals surface area (Å²) in [5, 5.41) is 2.90. The second-order valence-corrected chi connectivity index (χ2v) is 5.55. The Morgan fingerprint density at radius 3 is 2.83 bits per heavy atom. The third kappa shape index (κ3) is 3.29. The van der Waals surface area contributed by atoms with E-state index < -0.39 is 0 Å². The zero-order chi connectivity index (χ0) is 16.4. The highest BCUT2D eigenvalue weighted by Gasteiger charge is 2.11. The van der Waals surface area contributed by atoms with Crippen molar-refractivity contribution in [1.82, 2.24) is 19.9 Å². The van der Waals surface area contributed by atoms with Crippen LogP contribution in [0.3, 0.4) is 0 Å². The van der Waals surface area contributed by atoms with Gasteiger partial charge < -0.3 is 15.2 Å². The van der Waals surface area contributed by atoms with E-state index in [0.29, 0.717) is 16.7 Å². The molecule has 2 heterocycles. The summed E-state index contributed by atoms with van der Waals surface area (Å²) in [5.41, 5.74) is 2.75. The lowest BCUT2D eigenvalue weighted by molar-refractivity contribution is 0.102. The van der Waals surface area contributed by atoms with Crippen LogP contribution < -0.4 is 11.0 Å². The molecule has 3 rings (SSSR count). The van der Waals surface area contributed by atoms with Crippen LogP contribution in [-0.2, 0) is 6.54 Å². The van der Waals surface area contributed by atoms with Gasteiger partial charge in [-0.15, -0.1) is 0 Å². The molecule has 0 aliphatic carbocycles. The lowest BCUT2D eigenvalue weighted by Gasteiger charge is -2.14. The number of benzene rings is 1. The highest BCUT2D eigenvalue weighted by atomic mass is 16.2. The van der Waals surface area contributed by atoms with Gasteiger partial charge >= 0.3 is 5.69 Å². The molecule has 118 valence electrons. The SMILES string of the molecule is CN(C)Cc1ccccc1NC(=O)c1cnc2[nH]c(=O)[nH]c2c1. The molecular weight excluding hydrogens is 294 g/mol. The molecule has 3 aromatic rings. The van der Waals surface area contributed by atoms with Gasteiger partial charge in [-0.25, -0.2) is 9.78 Å². The number of carbonyl (C=O) groups excluding carboxylic acids is 1. The molecule has 2 aromatic heterocycles. The summed E-state index contributed by atoms with van der Waals surface area (Å²) in [7, 11) is 3.94. The first-order valence-corrected chi connectivity index (χ1v) is 7.15. The van der Waals surface area contributed by atoms with Crippen LogP contribution in [0.5, 0.6) is 0 Å². The van der Waals surface area contributed by atoms with Crippen molar-refractivity contribution in [2.75, 3.05) is 19.4 Å². The predicted octanol–water partition coefficient (Wildman–Crippen LogP) is 1.57. The molecule has 0 spiro atoms. The number of hydrogen-bond donors (Lipinski definition) is 3.